The molecule has 214 valence electrons. The maximum atomic E-state index is 12.8. The Balaban J connectivity index is 1.12. The van der Waals surface area contributed by atoms with E-state index in [-0.39, 0.29) is 29.8 Å². The van der Waals surface area contributed by atoms with E-state index >= 15 is 0 Å². The van der Waals surface area contributed by atoms with E-state index in [2.05, 4.69) is 20.4 Å². The molecule has 0 saturated carbocycles. The van der Waals surface area contributed by atoms with Gasteiger partial charge < -0.3 is 19.3 Å². The molecule has 0 aliphatic carbocycles. The zero-order chi connectivity index (χ0) is 28.4. The summed E-state index contributed by atoms with van der Waals surface area (Å²) < 4.78 is 18.8. The fourth-order valence-corrected chi connectivity index (χ4v) is 6.48. The van der Waals surface area contributed by atoms with Crippen molar-refractivity contribution in [3.8, 4) is 0 Å². The molecular formula is C33H41NO6. The number of nitrogens with zero attached hydrogens (tertiary/aromatic N) is 1. The summed E-state index contributed by atoms with van der Waals surface area (Å²) in [6, 6.07) is 17.0. The number of benzene rings is 2. The number of imide groups is 1. The van der Waals surface area contributed by atoms with Crippen molar-refractivity contribution in [2.45, 2.75) is 77.2 Å². The quantitative estimate of drug-likeness (QED) is 0.284. The van der Waals surface area contributed by atoms with Gasteiger partial charge in [0, 0.05) is 13.0 Å². The van der Waals surface area contributed by atoms with Gasteiger partial charge >= 0.3 is 0 Å². The zero-order valence-electron chi connectivity index (χ0n) is 23.8. The van der Waals surface area contributed by atoms with Crippen molar-refractivity contribution in [2.24, 2.45) is 17.8 Å². The van der Waals surface area contributed by atoms with Crippen LogP contribution in [-0.4, -0.2) is 59.1 Å². The second kappa shape index (κ2) is 12.0. The second-order valence-electron chi connectivity index (χ2n) is 12.1. The molecule has 0 unspecified atom stereocenters. The highest BCUT2D eigenvalue weighted by molar-refractivity contribution is 6.21. The Morgan fingerprint density at radius 2 is 1.73 bits per heavy atom. The fourth-order valence-electron chi connectivity index (χ4n) is 6.48. The number of ether oxygens (including phenoxy) is 3. The SMILES string of the molecule is C=C(C[C@H](O)[C@@H]1O[C@]2(COCc3ccccc3)C[C@@H](C)C[C@H]1O2)[C@@H](C)C[C@@H](C)CN1C(=O)c2ccccc2C1=O. The molecule has 0 aromatic heterocycles. The van der Waals surface area contributed by atoms with E-state index in [0.29, 0.717) is 43.2 Å². The van der Waals surface area contributed by atoms with Crippen LogP contribution >= 0.6 is 0 Å². The summed E-state index contributed by atoms with van der Waals surface area (Å²) >= 11 is 0. The molecule has 2 fully saturated rings. The monoisotopic (exact) mass is 547 g/mol. The van der Waals surface area contributed by atoms with Crippen LogP contribution in [0.4, 0.5) is 0 Å². The molecule has 2 saturated heterocycles. The van der Waals surface area contributed by atoms with Crippen LogP contribution < -0.4 is 0 Å². The predicted octanol–water partition coefficient (Wildman–Crippen LogP) is 5.38. The van der Waals surface area contributed by atoms with Crippen molar-refractivity contribution in [1.82, 2.24) is 4.90 Å². The van der Waals surface area contributed by atoms with E-state index in [4.69, 9.17) is 14.2 Å². The molecular weight excluding hydrogens is 506 g/mol. The van der Waals surface area contributed by atoms with Gasteiger partial charge in [-0.05, 0) is 54.7 Å². The summed E-state index contributed by atoms with van der Waals surface area (Å²) in [5, 5.41) is 11.2. The highest BCUT2D eigenvalue weighted by atomic mass is 16.8. The Bertz CT molecular complexity index is 1200. The molecule has 1 N–H and O–H groups in total. The van der Waals surface area contributed by atoms with Crippen LogP contribution in [0.2, 0.25) is 0 Å². The fraction of sp³-hybridized carbons (Fsp3) is 0.515. The summed E-state index contributed by atoms with van der Waals surface area (Å²) in [4.78, 5) is 26.9. The Morgan fingerprint density at radius 1 is 1.07 bits per heavy atom. The van der Waals surface area contributed by atoms with Crippen molar-refractivity contribution in [1.29, 1.82) is 0 Å². The molecule has 3 aliphatic heterocycles. The summed E-state index contributed by atoms with van der Waals surface area (Å²) in [6.45, 7) is 11.8. The lowest BCUT2D eigenvalue weighted by Gasteiger charge is -2.34. The topological polar surface area (TPSA) is 85.3 Å². The number of carbonyl (C=O) groups is 2. The van der Waals surface area contributed by atoms with E-state index < -0.39 is 18.0 Å². The first-order chi connectivity index (χ1) is 19.2. The standard InChI is InChI=1S/C33H41NO6/c1-21-15-29-30(40-33(17-21,39-29)20-38-19-25-10-6-5-7-11-25)28(35)16-24(4)23(3)14-22(2)18-34-31(36)26-12-8-9-13-27(26)32(34)37/h5-13,21-23,28-30,35H,4,14-20H2,1-3H3/t21-,22+,23-,28-,29+,30-,33-/m0/s1. The molecule has 2 bridgehead atoms. The molecule has 2 amide bonds. The average molecular weight is 548 g/mol. The maximum absolute atomic E-state index is 12.8. The van der Waals surface area contributed by atoms with Gasteiger partial charge in [0.1, 0.15) is 12.7 Å². The first kappa shape index (κ1) is 28.7. The first-order valence-electron chi connectivity index (χ1n) is 14.4. The van der Waals surface area contributed by atoms with Gasteiger partial charge in [-0.2, -0.15) is 0 Å². The van der Waals surface area contributed by atoms with Crippen molar-refractivity contribution in [2.75, 3.05) is 13.2 Å². The minimum absolute atomic E-state index is 0.0854. The van der Waals surface area contributed by atoms with E-state index in [9.17, 15) is 14.7 Å². The van der Waals surface area contributed by atoms with Crippen LogP contribution in [0.1, 0.15) is 72.7 Å². The number of amides is 2. The number of aliphatic hydroxyl groups is 1. The Hall–Kier alpha value is -2.84. The van der Waals surface area contributed by atoms with Gasteiger partial charge in [-0.15, -0.1) is 0 Å². The molecule has 2 aromatic rings. The molecule has 0 radical (unpaired) electrons. The summed E-state index contributed by atoms with van der Waals surface area (Å²) in [6.07, 6.45) is 1.35. The van der Waals surface area contributed by atoms with Gasteiger partial charge in [0.2, 0.25) is 0 Å². The van der Waals surface area contributed by atoms with E-state index in [0.717, 1.165) is 30.4 Å². The lowest BCUT2D eigenvalue weighted by Crippen LogP contribution is -2.41. The van der Waals surface area contributed by atoms with Gasteiger partial charge in [-0.1, -0.05) is 75.4 Å². The van der Waals surface area contributed by atoms with Gasteiger partial charge in [0.05, 0.1) is 29.9 Å². The van der Waals surface area contributed by atoms with Crippen LogP contribution in [0, 0.1) is 17.8 Å². The van der Waals surface area contributed by atoms with E-state index in [1.807, 2.05) is 37.3 Å². The third-order valence-corrected chi connectivity index (χ3v) is 8.49. The third kappa shape index (κ3) is 6.08. The van der Waals surface area contributed by atoms with Crippen LogP contribution in [0.15, 0.2) is 66.7 Å². The maximum Gasteiger partial charge on any atom is 0.261 e. The number of hydrogen-bond donors (Lipinski definition) is 1. The average Bonchev–Trinajstić information content (AvgIpc) is 3.34. The Labute approximate surface area is 237 Å². The molecule has 0 spiro atoms. The normalized spacial score (nSPS) is 27.9. The van der Waals surface area contributed by atoms with Crippen LogP contribution in [0.25, 0.3) is 0 Å². The van der Waals surface area contributed by atoms with Crippen LogP contribution in [-0.2, 0) is 20.8 Å². The van der Waals surface area contributed by atoms with E-state index in [1.165, 1.54) is 4.90 Å². The predicted molar refractivity (Wildman–Crippen MR) is 151 cm³/mol. The Morgan fingerprint density at radius 3 is 2.40 bits per heavy atom. The van der Waals surface area contributed by atoms with Crippen molar-refractivity contribution in [3.63, 3.8) is 0 Å². The van der Waals surface area contributed by atoms with Crippen molar-refractivity contribution < 1.29 is 28.9 Å². The number of carbonyl (C=O) groups excluding carboxylic acids is 2. The molecule has 40 heavy (non-hydrogen) atoms. The number of aliphatic hydroxyl groups excluding tert-OH is 1. The molecule has 3 aliphatic rings. The minimum atomic E-state index is -0.837. The minimum Gasteiger partial charge on any atom is -0.390 e. The molecule has 7 atom stereocenters. The van der Waals surface area contributed by atoms with E-state index in [1.54, 1.807) is 24.3 Å². The molecule has 5 rings (SSSR count). The third-order valence-electron chi connectivity index (χ3n) is 8.49. The number of fused-ring (bicyclic) bond motifs is 3. The largest absolute Gasteiger partial charge is 0.390 e. The van der Waals surface area contributed by atoms with Gasteiger partial charge in [0.25, 0.3) is 11.8 Å². The summed E-state index contributed by atoms with van der Waals surface area (Å²) in [5.41, 5.74) is 2.97. The molecule has 3 heterocycles. The molecule has 2 aromatic carbocycles. The first-order valence-corrected chi connectivity index (χ1v) is 14.4. The van der Waals surface area contributed by atoms with Gasteiger partial charge in [-0.3, -0.25) is 14.5 Å². The molecule has 7 nitrogen and oxygen atoms in total. The number of hydrogen-bond acceptors (Lipinski definition) is 6. The highest BCUT2D eigenvalue weighted by Gasteiger charge is 2.54. The van der Waals surface area contributed by atoms with Crippen LogP contribution in [0.3, 0.4) is 0 Å². The highest BCUT2D eigenvalue weighted by Crippen LogP contribution is 2.45. The second-order valence-corrected chi connectivity index (χ2v) is 12.1. The number of rotatable bonds is 12. The molecule has 7 heteroatoms. The lowest BCUT2D eigenvalue weighted by atomic mass is 9.86. The Kier molecular flexibility index (Phi) is 8.57. The van der Waals surface area contributed by atoms with Crippen molar-refractivity contribution >= 4 is 11.8 Å². The van der Waals surface area contributed by atoms with Crippen LogP contribution in [0.5, 0.6) is 0 Å². The van der Waals surface area contributed by atoms with Crippen molar-refractivity contribution in [3.05, 3.63) is 83.4 Å². The smallest absolute Gasteiger partial charge is 0.261 e. The summed E-state index contributed by atoms with van der Waals surface area (Å²) in [7, 11) is 0. The summed E-state index contributed by atoms with van der Waals surface area (Å²) in [5.74, 6) is -0.701. The van der Waals surface area contributed by atoms with Gasteiger partial charge in [0.15, 0.2) is 5.79 Å². The zero-order valence-corrected chi connectivity index (χ0v) is 23.8. The van der Waals surface area contributed by atoms with Gasteiger partial charge in [-0.25, -0.2) is 0 Å². The lowest BCUT2D eigenvalue weighted by molar-refractivity contribution is -0.236.